The average molecular weight is 1800 g/mol. The highest BCUT2D eigenvalue weighted by molar-refractivity contribution is 7.21. The number of para-hydroxylation sites is 4. The molecule has 4 heterocycles. The Balaban J connectivity index is 0.000000122. The molecule has 8 nitrogen and oxygen atoms in total. The molecule has 0 aliphatic carbocycles. The number of aryl methyl sites for hydroxylation is 8. The van der Waals surface area contributed by atoms with E-state index in [1.165, 1.54) is 44.5 Å². The highest BCUT2D eigenvalue weighted by atomic mass is 35.5. The second kappa shape index (κ2) is 41.3. The fourth-order valence-corrected chi connectivity index (χ4v) is 20.1. The van der Waals surface area contributed by atoms with Crippen molar-refractivity contribution in [2.24, 2.45) is 0 Å². The zero-order valence-electron chi connectivity index (χ0n) is 73.4. The number of halogens is 2. The zero-order valence-corrected chi connectivity index (χ0v) is 78.2. The Morgan fingerprint density at radius 2 is 0.346 bits per heavy atom. The summed E-state index contributed by atoms with van der Waals surface area (Å²) in [5.41, 5.74) is 31.6. The lowest BCUT2D eigenvalue weighted by atomic mass is 10.1. The second-order valence-corrected chi connectivity index (χ2v) is 36.5. The molecule has 0 unspecified atom stereocenters. The largest absolute Gasteiger partial charge is 0.300 e. The van der Waals surface area contributed by atoms with Crippen LogP contribution in [-0.2, 0) is 0 Å². The quantitative estimate of drug-likeness (QED) is 0.0748. The van der Waals surface area contributed by atoms with Crippen LogP contribution in [0.3, 0.4) is 0 Å². The van der Waals surface area contributed by atoms with Crippen molar-refractivity contribution in [2.75, 3.05) is 19.6 Å². The van der Waals surface area contributed by atoms with Crippen LogP contribution in [0.15, 0.2) is 425 Å². The van der Waals surface area contributed by atoms with E-state index >= 15 is 0 Å². The summed E-state index contributed by atoms with van der Waals surface area (Å²) in [5, 5.41) is 9.83. The Morgan fingerprint density at radius 3 is 0.546 bits per heavy atom. The summed E-state index contributed by atoms with van der Waals surface area (Å²) in [4.78, 5) is 29.9. The van der Waals surface area contributed by atoms with Crippen LogP contribution in [0.25, 0.3) is 87.3 Å². The van der Waals surface area contributed by atoms with Gasteiger partial charge in [0.2, 0.25) is 0 Å². The van der Waals surface area contributed by atoms with Crippen LogP contribution in [0.4, 0.5) is 65.5 Å². The summed E-state index contributed by atoms with van der Waals surface area (Å²) in [5.74, 6) is 0. The molecule has 0 radical (unpaired) electrons. The van der Waals surface area contributed by atoms with Crippen LogP contribution in [0.5, 0.6) is 0 Å². The number of nitrogens with zero attached hydrogens (tertiary/aromatic N) is 8. The lowest BCUT2D eigenvalue weighted by Gasteiger charge is -2.25. The van der Waals surface area contributed by atoms with Crippen LogP contribution >= 0.6 is 68.5 Å². The summed E-state index contributed by atoms with van der Waals surface area (Å²) in [6.45, 7) is 17.1. The zero-order chi connectivity index (χ0) is 89.4. The first-order chi connectivity index (χ1) is 63.6. The van der Waals surface area contributed by atoms with Crippen LogP contribution in [-0.4, -0.2) is 19.9 Å². The van der Waals surface area contributed by atoms with Crippen LogP contribution in [0.2, 0.25) is 10.0 Å². The minimum absolute atomic E-state index is 0.722. The molecule has 20 aromatic rings. The van der Waals surface area contributed by atoms with Gasteiger partial charge in [0.15, 0.2) is 0 Å². The minimum Gasteiger partial charge on any atom is -0.300 e. The third-order valence-electron chi connectivity index (χ3n) is 22.3. The molecule has 130 heavy (non-hydrogen) atoms. The van der Waals surface area contributed by atoms with Crippen molar-refractivity contribution < 1.29 is 0 Å². The van der Waals surface area contributed by atoms with Gasteiger partial charge in [0.25, 0.3) is 0 Å². The maximum Gasteiger partial charge on any atom is 0.129 e. The van der Waals surface area contributed by atoms with E-state index in [2.05, 4.69) is 427 Å². The highest BCUT2D eigenvalue weighted by Gasteiger charge is 2.29. The topological polar surface area (TPSA) is 64.5 Å². The number of aromatic nitrogens is 4. The SMILES string of the molecule is Cc1ccc(N(c2ccc(C)cc2)c2sc(-c3ccc(Cl)cc3)nc2-c2ccccc2C)cc1.Cc1ccc(N(c2ccc(C)cc2)c2sc(-c3ccccc3)nc2-c2ccccc2C)cc1.Cc1ccccc1-c1nc(-c2ccc(Cl)cc2)sc1N(c1ccccc1)c1ccccc1.Cc1ccccc1-c1nc(-c2ccccc2)sc1N(c1ccccc1)c1ccccc1. The number of hydrogen-bond donors (Lipinski definition) is 0. The lowest BCUT2D eigenvalue weighted by molar-refractivity contribution is 1.27. The molecular formula is C116H94Cl2N8S4. The summed E-state index contributed by atoms with van der Waals surface area (Å²) in [7, 11) is 0. The van der Waals surface area contributed by atoms with Gasteiger partial charge in [0.05, 0.1) is 0 Å². The maximum absolute atomic E-state index is 6.16. The third kappa shape index (κ3) is 20.5. The van der Waals surface area contributed by atoms with Gasteiger partial charge >= 0.3 is 0 Å². The smallest absolute Gasteiger partial charge is 0.129 e. The van der Waals surface area contributed by atoms with Crippen molar-refractivity contribution in [1.82, 2.24) is 19.9 Å². The predicted octanol–water partition coefficient (Wildman–Crippen LogP) is 35.6. The Hall–Kier alpha value is -14.2. The average Bonchev–Trinajstić information content (AvgIpc) is 1.64. The summed E-state index contributed by atoms with van der Waals surface area (Å²) in [6.07, 6.45) is 0. The molecule has 16 aromatic carbocycles. The van der Waals surface area contributed by atoms with Crippen LogP contribution in [0, 0.1) is 55.4 Å². The van der Waals surface area contributed by atoms with E-state index in [9.17, 15) is 0 Å². The van der Waals surface area contributed by atoms with E-state index in [4.69, 9.17) is 43.1 Å². The van der Waals surface area contributed by atoms with E-state index in [0.29, 0.717) is 0 Å². The Kier molecular flexibility index (Phi) is 27.9. The molecule has 0 saturated heterocycles. The second-order valence-electron chi connectivity index (χ2n) is 31.7. The molecule has 0 saturated carbocycles. The minimum atomic E-state index is 0.722. The molecule has 0 aliphatic heterocycles. The number of benzene rings is 16. The number of rotatable bonds is 20. The van der Waals surface area contributed by atoms with Crippen molar-refractivity contribution in [3.8, 4) is 87.3 Å². The van der Waals surface area contributed by atoms with Gasteiger partial charge in [-0.25, -0.2) is 19.9 Å². The molecule has 0 N–H and O–H groups in total. The molecule has 0 fully saturated rings. The first-order valence-electron chi connectivity index (χ1n) is 43.2. The highest BCUT2D eigenvalue weighted by Crippen LogP contribution is 2.53. The summed E-state index contributed by atoms with van der Waals surface area (Å²) >= 11 is 19.2. The molecular weight excluding hydrogens is 1700 g/mol. The Bertz CT molecular complexity index is 6950. The van der Waals surface area contributed by atoms with E-state index < -0.39 is 0 Å². The van der Waals surface area contributed by atoms with Gasteiger partial charge in [0.1, 0.15) is 62.8 Å². The van der Waals surface area contributed by atoms with Crippen molar-refractivity contribution in [3.05, 3.63) is 479 Å². The van der Waals surface area contributed by atoms with Crippen molar-refractivity contribution >= 4 is 134 Å². The molecule has 14 heteroatoms. The molecule has 0 bridgehead atoms. The van der Waals surface area contributed by atoms with Crippen LogP contribution in [0.1, 0.15) is 44.5 Å². The molecule has 0 amide bonds. The molecule has 4 aromatic heterocycles. The first kappa shape index (κ1) is 87.9. The monoisotopic (exact) mass is 1800 g/mol. The fraction of sp³-hybridized carbons (Fsp3) is 0.0690. The van der Waals surface area contributed by atoms with Gasteiger partial charge in [-0.3, -0.25) is 0 Å². The molecule has 0 atom stereocenters. The Morgan fingerprint density at radius 1 is 0.177 bits per heavy atom. The number of anilines is 12. The number of thiazole rings is 4. The fourth-order valence-electron chi connectivity index (χ4n) is 15.4. The molecule has 0 aliphatic rings. The van der Waals surface area contributed by atoms with Gasteiger partial charge in [-0.1, -0.05) is 394 Å². The van der Waals surface area contributed by atoms with Gasteiger partial charge < -0.3 is 19.6 Å². The van der Waals surface area contributed by atoms with E-state index in [-0.39, 0.29) is 0 Å². The maximum atomic E-state index is 6.16. The standard InChI is InChI=1S/C30H25ClN2S.C30H26N2S.C28H21ClN2S.C28H22N2S/c1-20-8-16-25(17-9-20)33(26-18-10-21(2)11-19-26)30-28(27-7-5-4-6-22(27)3)32-29(34-30)23-12-14-24(31)15-13-23;1-21-13-17-25(18-14-21)32(26-19-15-22(2)16-20-26)30-28(27-12-8-7-9-23(27)3)31-29(33-30)24-10-5-4-6-11-24;1-20-10-8-9-15-25(20)26-28(32-27(30-26)21-16-18-22(29)19-17-21)31(23-11-4-2-5-12-23)24-13-6-3-7-14-24;1-21-13-11-12-20-25(21)26-28(31-27(29-26)22-14-5-2-6-15-22)30(23-16-7-3-8-17-23)24-18-9-4-10-19-24/h4-19H,1-3H3;4-20H,1-3H3;2-19H,1H3;2-20H,1H3. The van der Waals surface area contributed by atoms with Crippen molar-refractivity contribution in [3.63, 3.8) is 0 Å². The normalized spacial score (nSPS) is 10.8. The predicted molar refractivity (Wildman–Crippen MR) is 559 cm³/mol. The lowest BCUT2D eigenvalue weighted by Crippen LogP contribution is -2.09. The number of hydrogen-bond acceptors (Lipinski definition) is 12. The molecule has 636 valence electrons. The van der Waals surface area contributed by atoms with E-state index in [1.807, 2.05) is 72.8 Å². The summed E-state index contributed by atoms with van der Waals surface area (Å²) < 4.78 is 0. The summed E-state index contributed by atoms with van der Waals surface area (Å²) in [6, 6.07) is 147. The van der Waals surface area contributed by atoms with Crippen LogP contribution < -0.4 is 19.6 Å². The Labute approximate surface area is 789 Å². The van der Waals surface area contributed by atoms with Gasteiger partial charge in [-0.05, 0) is 199 Å². The van der Waals surface area contributed by atoms with Crippen molar-refractivity contribution in [1.29, 1.82) is 0 Å². The van der Waals surface area contributed by atoms with Crippen molar-refractivity contribution in [2.45, 2.75) is 55.4 Å². The molecule has 0 spiro atoms. The first-order valence-corrected chi connectivity index (χ1v) is 47.2. The van der Waals surface area contributed by atoms with Gasteiger partial charge in [-0.15, -0.1) is 0 Å². The molecule has 20 rings (SSSR count). The third-order valence-corrected chi connectivity index (χ3v) is 27.2. The van der Waals surface area contributed by atoms with E-state index in [0.717, 1.165) is 163 Å². The van der Waals surface area contributed by atoms with Gasteiger partial charge in [-0.2, -0.15) is 0 Å². The van der Waals surface area contributed by atoms with E-state index in [1.54, 1.807) is 45.3 Å². The van der Waals surface area contributed by atoms with Gasteiger partial charge in [0, 0.05) is 100 Å².